The van der Waals surface area contributed by atoms with Crippen LogP contribution in [-0.4, -0.2) is 30.0 Å². The molecular formula is C34H39BN6O3. The smallest absolute Gasteiger partial charge is 0.431 e. The van der Waals surface area contributed by atoms with Crippen molar-refractivity contribution >= 4 is 24.9 Å². The summed E-state index contributed by atoms with van der Waals surface area (Å²) in [5.41, 5.74) is 11.5. The predicted molar refractivity (Wildman–Crippen MR) is 175 cm³/mol. The summed E-state index contributed by atoms with van der Waals surface area (Å²) in [5.74, 6) is -0.216. The molecule has 3 amide bonds. The first-order valence-corrected chi connectivity index (χ1v) is 14.7. The Kier molecular flexibility index (Phi) is 12.1. The van der Waals surface area contributed by atoms with E-state index in [4.69, 9.17) is 5.73 Å². The van der Waals surface area contributed by atoms with E-state index in [0.717, 1.165) is 33.4 Å². The summed E-state index contributed by atoms with van der Waals surface area (Å²) < 4.78 is 0. The van der Waals surface area contributed by atoms with E-state index < -0.39 is 13.1 Å². The van der Waals surface area contributed by atoms with Crippen molar-refractivity contribution in [2.45, 2.75) is 45.3 Å². The number of nitrogens with one attached hydrogen (secondary N) is 4. The molecule has 0 aliphatic carbocycles. The molecule has 0 aliphatic rings. The van der Waals surface area contributed by atoms with Crippen molar-refractivity contribution < 1.29 is 14.6 Å². The van der Waals surface area contributed by atoms with Gasteiger partial charge in [-0.1, -0.05) is 109 Å². The topological polar surface area (TPSA) is 141 Å². The lowest BCUT2D eigenvalue weighted by molar-refractivity contribution is -0.122. The zero-order chi connectivity index (χ0) is 31.1. The van der Waals surface area contributed by atoms with Crippen LogP contribution in [0.2, 0.25) is 6.82 Å². The maximum Gasteiger partial charge on any atom is 0.431 e. The van der Waals surface area contributed by atoms with E-state index in [0.29, 0.717) is 32.6 Å². The van der Waals surface area contributed by atoms with E-state index >= 15 is 0 Å². The first kappa shape index (κ1) is 32.0. The Hall–Kier alpha value is -4.93. The zero-order valence-electron chi connectivity index (χ0n) is 24.9. The van der Waals surface area contributed by atoms with Gasteiger partial charge < -0.3 is 26.7 Å². The monoisotopic (exact) mass is 590 g/mol. The van der Waals surface area contributed by atoms with E-state index in [9.17, 15) is 14.6 Å². The van der Waals surface area contributed by atoms with E-state index in [1.165, 1.54) is 6.82 Å². The third-order valence-electron chi connectivity index (χ3n) is 6.98. The maximum atomic E-state index is 13.4. The summed E-state index contributed by atoms with van der Waals surface area (Å²) in [7, 11) is -1.02. The third kappa shape index (κ3) is 10.4. The van der Waals surface area contributed by atoms with Crippen molar-refractivity contribution in [2.24, 2.45) is 10.6 Å². The molecular weight excluding hydrogens is 551 g/mol. The van der Waals surface area contributed by atoms with Crippen LogP contribution in [0, 0.1) is 0 Å². The lowest BCUT2D eigenvalue weighted by atomic mass is 9.91. The molecule has 7 N–H and O–H groups in total. The van der Waals surface area contributed by atoms with Crippen LogP contribution in [0.5, 0.6) is 0 Å². The molecule has 9 nitrogen and oxygen atoms in total. The van der Waals surface area contributed by atoms with Crippen LogP contribution >= 0.6 is 0 Å². The number of urea groups is 1. The van der Waals surface area contributed by atoms with Gasteiger partial charge in [-0.15, -0.1) is 0 Å². The lowest BCUT2D eigenvalue weighted by Gasteiger charge is -2.18. The molecule has 1 atom stereocenters. The molecule has 44 heavy (non-hydrogen) atoms. The summed E-state index contributed by atoms with van der Waals surface area (Å²) in [6, 6.07) is 34.8. The molecule has 4 aromatic carbocycles. The molecule has 4 rings (SSSR count). The number of carbonyl (C=O) groups is 2. The molecule has 0 saturated carbocycles. The van der Waals surface area contributed by atoms with Crippen LogP contribution in [0.15, 0.2) is 114 Å². The predicted octanol–water partition coefficient (Wildman–Crippen LogP) is 3.84. The Labute approximate surface area is 259 Å². The molecule has 10 heteroatoms. The minimum Gasteiger partial charge on any atom is -0.431 e. The first-order chi connectivity index (χ1) is 21.4. The number of nitrogens with zero attached hydrogens (tertiary/aromatic N) is 1. The second kappa shape index (κ2) is 16.6. The number of amides is 3. The fraction of sp³-hybridized carbons (Fsp3) is 0.206. The Morgan fingerprint density at radius 3 is 1.93 bits per heavy atom. The van der Waals surface area contributed by atoms with Crippen molar-refractivity contribution in [3.05, 3.63) is 143 Å². The van der Waals surface area contributed by atoms with Crippen molar-refractivity contribution in [1.29, 1.82) is 0 Å². The summed E-state index contributed by atoms with van der Waals surface area (Å²) in [4.78, 5) is 30.0. The highest BCUT2D eigenvalue weighted by molar-refractivity contribution is 6.48. The van der Waals surface area contributed by atoms with E-state index in [1.807, 2.05) is 109 Å². The quantitative estimate of drug-likeness (QED) is 0.0845. The van der Waals surface area contributed by atoms with Gasteiger partial charge in [-0.05, 0) is 46.6 Å². The number of hydrogen-bond donors (Lipinski definition) is 6. The molecule has 0 radical (unpaired) electrons. The number of hydrogen-bond acceptors (Lipinski definition) is 5. The number of benzene rings is 4. The molecule has 0 fully saturated rings. The molecule has 226 valence electrons. The first-order valence-electron chi connectivity index (χ1n) is 14.7. The van der Waals surface area contributed by atoms with Crippen LogP contribution in [0.25, 0.3) is 0 Å². The largest absolute Gasteiger partial charge is 0.431 e. The van der Waals surface area contributed by atoms with Gasteiger partial charge in [0.15, 0.2) is 5.96 Å². The fourth-order valence-electron chi connectivity index (χ4n) is 4.68. The second-order valence-electron chi connectivity index (χ2n) is 10.5. The molecule has 0 heterocycles. The van der Waals surface area contributed by atoms with Crippen LogP contribution in [0.3, 0.4) is 0 Å². The Bertz CT molecular complexity index is 1520. The Morgan fingerprint density at radius 1 is 0.727 bits per heavy atom. The highest BCUT2D eigenvalue weighted by Gasteiger charge is 2.21. The Morgan fingerprint density at radius 2 is 1.30 bits per heavy atom. The van der Waals surface area contributed by atoms with Gasteiger partial charge in [-0.3, -0.25) is 15.0 Å². The summed E-state index contributed by atoms with van der Waals surface area (Å²) in [6.45, 7) is 2.99. The lowest BCUT2D eigenvalue weighted by Crippen LogP contribution is -2.46. The standard InChI is InChI=1S/C34H39BN6O3/c1-35(44)41-33(40-34(43)39-22-27-17-15-26(21-36)16-18-27)38-24-29-12-8-11-28(19-29)23-37-32(42)31(30-13-6-3-7-14-30)20-25-9-4-2-5-10-25/h2-19,31,44H,20-24,36H2,1H3,(H,37,42)(H3,38,39,40,41,43). The molecule has 4 aromatic rings. The number of guanidine groups is 1. The normalized spacial score (nSPS) is 11.8. The zero-order valence-corrected chi connectivity index (χ0v) is 24.9. The van der Waals surface area contributed by atoms with Gasteiger partial charge in [0.1, 0.15) is 0 Å². The molecule has 0 bridgehead atoms. The van der Waals surface area contributed by atoms with Crippen LogP contribution in [-0.2, 0) is 37.4 Å². The number of carbonyl (C=O) groups excluding carboxylic acids is 2. The van der Waals surface area contributed by atoms with Gasteiger partial charge in [-0.2, -0.15) is 0 Å². The molecule has 0 saturated heterocycles. The van der Waals surface area contributed by atoms with Crippen LogP contribution in [0.1, 0.15) is 39.3 Å². The van der Waals surface area contributed by atoms with Crippen molar-refractivity contribution in [3.8, 4) is 0 Å². The van der Waals surface area contributed by atoms with E-state index in [-0.39, 0.29) is 17.8 Å². The molecule has 0 aliphatic heterocycles. The van der Waals surface area contributed by atoms with Crippen LogP contribution < -0.4 is 27.0 Å². The van der Waals surface area contributed by atoms with Gasteiger partial charge >= 0.3 is 13.1 Å². The fourth-order valence-corrected chi connectivity index (χ4v) is 4.68. The van der Waals surface area contributed by atoms with E-state index in [2.05, 4.69) is 26.2 Å². The van der Waals surface area contributed by atoms with E-state index in [1.54, 1.807) is 0 Å². The summed E-state index contributed by atoms with van der Waals surface area (Å²) in [6.07, 6.45) is 0.604. The van der Waals surface area contributed by atoms with Gasteiger partial charge in [-0.25, -0.2) is 4.79 Å². The summed E-state index contributed by atoms with van der Waals surface area (Å²) >= 11 is 0. The molecule has 0 spiro atoms. The second-order valence-corrected chi connectivity index (χ2v) is 10.5. The van der Waals surface area contributed by atoms with Crippen molar-refractivity contribution in [3.63, 3.8) is 0 Å². The Balaban J connectivity index is 1.32. The average Bonchev–Trinajstić information content (AvgIpc) is 3.05. The molecule has 1 unspecified atom stereocenters. The minimum atomic E-state index is -1.02. The van der Waals surface area contributed by atoms with Gasteiger partial charge in [0, 0.05) is 26.2 Å². The third-order valence-corrected chi connectivity index (χ3v) is 6.98. The van der Waals surface area contributed by atoms with Gasteiger partial charge in [0.05, 0.1) is 5.92 Å². The highest BCUT2D eigenvalue weighted by atomic mass is 16.2. The van der Waals surface area contributed by atoms with Gasteiger partial charge in [0.2, 0.25) is 5.91 Å². The number of nitrogens with two attached hydrogens (primary N) is 1. The van der Waals surface area contributed by atoms with Crippen LogP contribution in [0.4, 0.5) is 4.79 Å². The van der Waals surface area contributed by atoms with Crippen molar-refractivity contribution in [2.75, 3.05) is 0 Å². The average molecular weight is 591 g/mol. The summed E-state index contributed by atoms with van der Waals surface area (Å²) in [5, 5.41) is 21.5. The van der Waals surface area contributed by atoms with Crippen molar-refractivity contribution in [1.82, 2.24) is 21.3 Å². The SMILES string of the molecule is CB(O)N=C(NCc1cccc(CNC(=O)C(Cc2ccccc2)c2ccccc2)c1)NC(=O)NCc1ccc(CN)cc1. The molecule has 0 aromatic heterocycles. The highest BCUT2D eigenvalue weighted by Crippen LogP contribution is 2.21. The number of rotatable bonds is 12. The van der Waals surface area contributed by atoms with Gasteiger partial charge in [0.25, 0.3) is 0 Å². The minimum absolute atomic E-state index is 0.0412. The maximum absolute atomic E-state index is 13.4.